The number of Topliss-reactive ketones (excluding diaryl/α,β-unsaturated/α-hetero) is 1. The largest absolute Gasteiger partial charge is 0.661 e. The van der Waals surface area contributed by atoms with Crippen LogP contribution in [0.15, 0.2) is 78.3 Å². The average Bonchev–Trinajstić information content (AvgIpc) is 1.22. The minimum absolute atomic E-state index is 0. The number of carboxylic acids is 2. The predicted molar refractivity (Wildman–Crippen MR) is 447 cm³/mol. The van der Waals surface area contributed by atoms with Crippen molar-refractivity contribution < 1.29 is 176 Å². The number of aliphatic imine (C=N–C) groups is 4. The minimum Gasteiger partial charge on any atom is -0.661 e. The van der Waals surface area contributed by atoms with Crippen LogP contribution < -0.4 is 29.8 Å². The van der Waals surface area contributed by atoms with Gasteiger partial charge in [-0.1, -0.05) is 43.2 Å². The molecule has 6 aliphatic rings. The zero-order chi connectivity index (χ0) is 88.6. The molecule has 4 aromatic rings. The molecule has 0 spiro atoms. The number of hydrogen-bond acceptors (Lipinski definition) is 30. The first-order chi connectivity index (χ1) is 58.7. The summed E-state index contributed by atoms with van der Waals surface area (Å²) in [7, 11) is 4.54. The smallest absolute Gasteiger partial charge is 0.407 e. The molecule has 1 aromatic heterocycles. The number of hydrogen-bond donors (Lipinski definition) is 10. The standard InChI is InChI=1S/C83H109N7O24.2C2H4O2.Gd/c1-9-51-52(10-2)58-39-60-54(20-17-23-91)49(4)65(89-60)46-86-62-41-68(110-37-35-108-33-31-106-29-27-103-7)67(109-36-34-107-32-30-105-28-26-102-6)40-61(62)85-45-64-48(3)53(59(88-64)38-57(51)87-58)19-16-22-84-81(99)111-24-13-11-12-14-25-112-82(100)90-63-42-71(113-50(5)76(63)94)114-69-44-83(101,70(93)47-92)43-56-73(69)80(98)75-74(78(56)96)77(95)55-18-15-21-66(104-8)72(55)79(75)97;2*1-2(3)4;/h15,18,21,38,40-41,45-46,50,60,63,69,71,76,91-92,94,101H,9-14,16-17,19-20,22-37,39,42-44,47H2,1-8H3,(H5,84,85,86,87,88,89,90,95,96,97,98,99,100);2*1H3,(H,3,4);/p-1/t50-,60?,63-,69?,71+,76+,83-;;;/m0.../s1. The average molecular weight is 1870 g/mol. The van der Waals surface area contributed by atoms with Crippen LogP contribution in [0, 0.1) is 39.9 Å². The number of rotatable bonds is 42. The number of phenols is 2. The van der Waals surface area contributed by atoms with Gasteiger partial charge in [0.2, 0.25) is 5.78 Å². The number of allylic oxidation sites excluding steroid dienone is 3. The molecular weight excluding hydrogens is 1750 g/mol. The van der Waals surface area contributed by atoms with Gasteiger partial charge in [0.1, 0.15) is 48.8 Å². The second-order valence-corrected chi connectivity index (χ2v) is 29.4. The Kier molecular flexibility index (Phi) is 42.0. The van der Waals surface area contributed by atoms with Crippen LogP contribution in [-0.4, -0.2) is 276 Å². The van der Waals surface area contributed by atoms with Gasteiger partial charge in [-0.05, 0) is 120 Å². The SMILES string of the molecule is CC(=O)O.CC(=O)O.CCc1c2[n-]c(c1CC)CC1N=C(C=Nc3cc(OCCOCCOCCOC)c(OCCOCCOCCOC)cc3N=CC3=N/C(=C\2)C(CCCNC(=O)OCCCCCCOC(=O)N[C@H]2C[C@@H](OC4C[C@](O)(C(=O)CO)Cc5c(O)c6c(c(O)c54)C(=O)c4c(OC)cccc4C6=O)O[C@@H](C)[C@H]2O)=C3C)C(C)=C1CCCO.[Gd]. The molecule has 36 heteroatoms. The number of nitrogens with one attached hydrogen (secondary N) is 2. The van der Waals surface area contributed by atoms with Gasteiger partial charge in [0, 0.05) is 129 Å². The second-order valence-electron chi connectivity index (χ2n) is 29.4. The summed E-state index contributed by atoms with van der Waals surface area (Å²) in [5, 5.41) is 87.1. The zero-order valence-electron chi connectivity index (χ0n) is 71.3. The number of aromatic nitrogens is 1. The second kappa shape index (κ2) is 51.0. The topological polar surface area (TPSA) is 489 Å². The third-order valence-electron chi connectivity index (χ3n) is 20.9. The number of phenolic OH excluding ortho intramolecular Hbond substituents is 2. The first kappa shape index (κ1) is 101. The van der Waals surface area contributed by atoms with Crippen molar-refractivity contribution in [3.63, 3.8) is 0 Å². The van der Waals surface area contributed by atoms with Crippen molar-refractivity contribution in [1.29, 1.82) is 0 Å². The number of fused-ring (bicyclic) bond motifs is 8. The molecule has 2 amide bonds. The number of carbonyl (C=O) groups is 7. The molecule has 1 fully saturated rings. The fraction of sp³-hybridized carbons (Fsp3) is 0.552. The van der Waals surface area contributed by atoms with Crippen molar-refractivity contribution in [3.05, 3.63) is 114 Å². The van der Waals surface area contributed by atoms with E-state index in [1.807, 2.05) is 6.92 Å². The van der Waals surface area contributed by atoms with Gasteiger partial charge in [0.25, 0.3) is 11.9 Å². The van der Waals surface area contributed by atoms with Gasteiger partial charge in [-0.25, -0.2) is 14.6 Å². The van der Waals surface area contributed by atoms with E-state index in [9.17, 15) is 54.6 Å². The summed E-state index contributed by atoms with van der Waals surface area (Å²) < 4.78 is 74.5. The number of aliphatic hydroxyl groups is 4. The van der Waals surface area contributed by atoms with E-state index in [1.165, 1.54) is 37.8 Å². The van der Waals surface area contributed by atoms with Crippen LogP contribution in [-0.2, 0) is 87.4 Å². The van der Waals surface area contributed by atoms with E-state index in [4.69, 9.17) is 106 Å². The number of nitrogens with zero attached hydrogens (tertiary/aromatic N) is 5. The van der Waals surface area contributed by atoms with Crippen molar-refractivity contribution in [3.8, 4) is 28.7 Å². The van der Waals surface area contributed by atoms with Crippen LogP contribution in [0.3, 0.4) is 0 Å². The first-order valence-corrected chi connectivity index (χ1v) is 41.0. The summed E-state index contributed by atoms with van der Waals surface area (Å²) in [5.74, 6) is -5.07. The van der Waals surface area contributed by atoms with E-state index < -0.39 is 120 Å². The van der Waals surface area contributed by atoms with Crippen LogP contribution in [0.4, 0.5) is 21.0 Å². The van der Waals surface area contributed by atoms with E-state index in [0.29, 0.717) is 146 Å². The number of ether oxygens (including phenoxy) is 13. The maximum Gasteiger partial charge on any atom is 0.407 e. The Balaban J connectivity index is 0.00000221. The van der Waals surface area contributed by atoms with Crippen LogP contribution >= 0.6 is 0 Å². The van der Waals surface area contributed by atoms with Crippen molar-refractivity contribution in [1.82, 2.24) is 15.6 Å². The molecule has 10 N–H and O–H groups in total. The van der Waals surface area contributed by atoms with E-state index in [0.717, 1.165) is 77.3 Å². The van der Waals surface area contributed by atoms with E-state index >= 15 is 0 Å². The number of carbonyl (C=O) groups excluding carboxylic acids is 5. The van der Waals surface area contributed by atoms with E-state index in [1.54, 1.807) is 38.8 Å². The van der Waals surface area contributed by atoms with Crippen LogP contribution in [0.1, 0.15) is 184 Å². The number of ketones is 3. The fourth-order valence-corrected chi connectivity index (χ4v) is 14.9. The maximum absolute atomic E-state index is 14.2. The number of carboxylic acid groups (broad SMARTS) is 2. The Morgan fingerprint density at radius 2 is 1.24 bits per heavy atom. The van der Waals surface area contributed by atoms with Crippen molar-refractivity contribution >= 4 is 82.8 Å². The predicted octanol–water partition coefficient (Wildman–Crippen LogP) is 8.60. The zero-order valence-corrected chi connectivity index (χ0v) is 73.6. The quantitative estimate of drug-likeness (QED) is 0.0129. The number of aliphatic carboxylic acids is 2. The summed E-state index contributed by atoms with van der Waals surface area (Å²) in [6.07, 6.45) is 4.08. The normalized spacial score (nSPS) is 19.7. The minimum atomic E-state index is -2.39. The molecule has 0 radical (unpaired) electrons. The number of methoxy groups -OCH3 is 3. The van der Waals surface area contributed by atoms with Crippen molar-refractivity contribution in [2.45, 2.75) is 181 Å². The monoisotopic (exact) mass is 1860 g/mol. The molecule has 7 atom stereocenters. The van der Waals surface area contributed by atoms with Gasteiger partial charge in [-0.2, -0.15) is 5.69 Å². The fourth-order valence-electron chi connectivity index (χ4n) is 14.9. The summed E-state index contributed by atoms with van der Waals surface area (Å²) in [6.45, 7) is 15.7. The molecule has 10 rings (SSSR count). The maximum atomic E-state index is 14.2. The van der Waals surface area contributed by atoms with Crippen molar-refractivity contribution in [2.75, 3.05) is 134 Å². The van der Waals surface area contributed by atoms with Gasteiger partial charge in [-0.3, -0.25) is 38.9 Å². The van der Waals surface area contributed by atoms with Crippen LogP contribution in [0.2, 0.25) is 0 Å². The third-order valence-corrected chi connectivity index (χ3v) is 20.9. The molecule has 123 heavy (non-hydrogen) atoms. The Morgan fingerprint density at radius 1 is 0.675 bits per heavy atom. The number of unbranched alkanes of at least 4 members (excludes halogenated alkanes) is 3. The molecule has 35 nitrogen and oxygen atoms in total. The summed E-state index contributed by atoms with van der Waals surface area (Å²) in [6, 6.07) is 6.60. The number of aromatic hydroxyl groups is 2. The molecule has 676 valence electrons. The molecular formula is C87H116GdN7O28-. The molecule has 1 saturated heterocycles. The van der Waals surface area contributed by atoms with Gasteiger partial charge in [0.15, 0.2) is 29.4 Å². The van der Waals surface area contributed by atoms with E-state index in [2.05, 4.69) is 37.5 Å². The number of alkyl carbamates (subject to hydrolysis) is 2. The Labute approximate surface area is 746 Å². The van der Waals surface area contributed by atoms with Crippen molar-refractivity contribution in [2.24, 2.45) is 20.0 Å². The van der Waals surface area contributed by atoms with E-state index in [-0.39, 0.29) is 127 Å². The molecule has 3 aromatic carbocycles. The van der Waals surface area contributed by atoms with Crippen LogP contribution in [0.5, 0.6) is 28.7 Å². The number of benzene rings is 3. The van der Waals surface area contributed by atoms with Crippen LogP contribution in [0.25, 0.3) is 6.08 Å². The molecule has 5 heterocycles. The first-order valence-electron chi connectivity index (χ1n) is 41.0. The van der Waals surface area contributed by atoms with Gasteiger partial charge >= 0.3 is 12.2 Å². The molecule has 0 saturated carbocycles. The van der Waals surface area contributed by atoms with Gasteiger partial charge < -0.3 is 118 Å². The Hall–Kier alpha value is -8.83. The summed E-state index contributed by atoms with van der Waals surface area (Å²) >= 11 is 0. The molecule has 6 bridgehead atoms. The summed E-state index contributed by atoms with van der Waals surface area (Å²) in [5.41, 5.74) is 6.82. The molecule has 4 aliphatic heterocycles. The Morgan fingerprint density at radius 3 is 1.81 bits per heavy atom. The summed E-state index contributed by atoms with van der Waals surface area (Å²) in [4.78, 5) is 112. The number of amides is 2. The Bertz CT molecular complexity index is 4510. The number of aliphatic hydroxyl groups excluding tert-OH is 3. The van der Waals surface area contributed by atoms with Gasteiger partial charge in [-0.15, -0.1) is 5.69 Å². The molecule has 2 unspecified atom stereocenters. The third kappa shape index (κ3) is 28.1. The molecule has 2 aliphatic carbocycles. The van der Waals surface area contributed by atoms with Gasteiger partial charge in [0.05, 0.1) is 168 Å².